The fraction of sp³-hybridized carbons (Fsp3) is 0.400. The Balaban J connectivity index is 1.78. The Morgan fingerprint density at radius 3 is 2.85 bits per heavy atom. The van der Waals surface area contributed by atoms with Crippen LogP contribution in [0.4, 0.5) is 5.13 Å². The average Bonchev–Trinajstić information content (AvgIpc) is 3.02. The summed E-state index contributed by atoms with van der Waals surface area (Å²) >= 11 is 1.14. The number of fused-ring (bicyclic) bond motifs is 1. The molecule has 0 radical (unpaired) electrons. The number of aliphatic carboxylic acids is 1. The van der Waals surface area contributed by atoms with Crippen molar-refractivity contribution in [1.82, 2.24) is 15.2 Å². The van der Waals surface area contributed by atoms with E-state index in [-0.39, 0.29) is 28.2 Å². The maximum atomic E-state index is 12.6. The van der Waals surface area contributed by atoms with Gasteiger partial charge in [0.2, 0.25) is 0 Å². The lowest BCUT2D eigenvalue weighted by Crippen LogP contribution is -2.72. The van der Waals surface area contributed by atoms with Crippen LogP contribution in [0, 0.1) is 5.92 Å². The lowest BCUT2D eigenvalue weighted by molar-refractivity contribution is -0.155. The molecule has 1 saturated heterocycles. The Morgan fingerprint density at radius 2 is 2.27 bits per heavy atom. The van der Waals surface area contributed by atoms with Gasteiger partial charge in [-0.15, -0.1) is 11.3 Å². The van der Waals surface area contributed by atoms with E-state index in [2.05, 4.69) is 20.3 Å². The number of aromatic nitrogens is 1. The van der Waals surface area contributed by atoms with E-state index in [1.807, 2.05) is 6.92 Å². The van der Waals surface area contributed by atoms with Crippen LogP contribution in [0.3, 0.4) is 0 Å². The maximum Gasteiger partial charge on any atom is 0.352 e. The van der Waals surface area contributed by atoms with E-state index in [9.17, 15) is 19.5 Å². The number of carboxylic acid groups (broad SMARTS) is 1. The van der Waals surface area contributed by atoms with Gasteiger partial charge >= 0.3 is 5.97 Å². The number of amides is 2. The number of carbonyl (C=O) groups excluding carboxylic acids is 2. The molecule has 2 aliphatic rings. The van der Waals surface area contributed by atoms with Gasteiger partial charge in [0.05, 0.1) is 6.04 Å². The van der Waals surface area contributed by atoms with Crippen LogP contribution in [-0.4, -0.2) is 57.7 Å². The van der Waals surface area contributed by atoms with E-state index >= 15 is 0 Å². The van der Waals surface area contributed by atoms with Gasteiger partial charge in [-0.05, 0) is 12.3 Å². The number of nitrogens with two attached hydrogens (primary N) is 1. The molecular formula is C15H17N5O5S. The van der Waals surface area contributed by atoms with Crippen molar-refractivity contribution >= 4 is 40.0 Å². The van der Waals surface area contributed by atoms with Gasteiger partial charge in [0.1, 0.15) is 24.5 Å². The normalized spacial score (nSPS) is 25.1. The standard InChI is InChI=1S/C15H17N5O5S/c1-6-3-8-11(13(22)20(8)9(4-6)14(23)24)18-12(21)10(19-25-2)7-5-26-15(16)17-7/h4-6,8,11H,3H2,1-2H3,(H2,16,17)(H,18,21)(H,23,24)/t6-,8+,11-/m1/s1. The van der Waals surface area contributed by atoms with E-state index in [4.69, 9.17) is 5.73 Å². The van der Waals surface area contributed by atoms with E-state index in [0.29, 0.717) is 6.42 Å². The van der Waals surface area contributed by atoms with Crippen molar-refractivity contribution in [3.8, 4) is 0 Å². The number of nitrogens with one attached hydrogen (secondary N) is 1. The molecular weight excluding hydrogens is 362 g/mol. The first kappa shape index (κ1) is 17.9. The minimum Gasteiger partial charge on any atom is -0.477 e. The predicted molar refractivity (Wildman–Crippen MR) is 92.1 cm³/mol. The number of hydrogen-bond donors (Lipinski definition) is 3. The molecule has 1 aromatic rings. The molecule has 11 heteroatoms. The zero-order valence-electron chi connectivity index (χ0n) is 14.0. The summed E-state index contributed by atoms with van der Waals surface area (Å²) in [6.45, 7) is 1.86. The number of anilines is 1. The van der Waals surface area contributed by atoms with Crippen molar-refractivity contribution in [1.29, 1.82) is 0 Å². The molecule has 0 bridgehead atoms. The highest BCUT2D eigenvalue weighted by Gasteiger charge is 2.53. The minimum absolute atomic E-state index is 0.0275. The number of carbonyl (C=O) groups is 3. The predicted octanol–water partition coefficient (Wildman–Crippen LogP) is -0.220. The second-order valence-corrected chi connectivity index (χ2v) is 6.88. The van der Waals surface area contributed by atoms with E-state index in [0.717, 1.165) is 11.3 Å². The zero-order chi connectivity index (χ0) is 19.0. The van der Waals surface area contributed by atoms with Gasteiger partial charge < -0.3 is 21.0 Å². The zero-order valence-corrected chi connectivity index (χ0v) is 14.8. The Bertz CT molecular complexity index is 832. The van der Waals surface area contributed by atoms with Crippen molar-refractivity contribution in [2.75, 3.05) is 12.8 Å². The number of β-lactam (4-membered cyclic amide) rings is 1. The van der Waals surface area contributed by atoms with Crippen molar-refractivity contribution in [3.05, 3.63) is 22.8 Å². The van der Waals surface area contributed by atoms with E-state index < -0.39 is 29.9 Å². The SMILES string of the molecule is CON=C(C(=O)N[C@H]1C(=O)N2C(C(=O)O)=C[C@H](C)C[C@@H]12)c1csc(N)n1. The van der Waals surface area contributed by atoms with Crippen molar-refractivity contribution < 1.29 is 24.3 Å². The molecule has 26 heavy (non-hydrogen) atoms. The third-order valence-electron chi connectivity index (χ3n) is 4.20. The Labute approximate surface area is 152 Å². The third kappa shape index (κ3) is 3.01. The number of allylic oxidation sites excluding steroid dienone is 1. The summed E-state index contributed by atoms with van der Waals surface area (Å²) in [4.78, 5) is 46.2. The number of rotatable bonds is 5. The van der Waals surface area contributed by atoms with Crippen LogP contribution in [-0.2, 0) is 19.2 Å². The topological polar surface area (TPSA) is 147 Å². The first-order valence-corrected chi connectivity index (χ1v) is 8.63. The monoisotopic (exact) mass is 379 g/mol. The number of thiazole rings is 1. The van der Waals surface area contributed by atoms with Gasteiger partial charge in [-0.3, -0.25) is 14.5 Å². The summed E-state index contributed by atoms with van der Waals surface area (Å²) in [7, 11) is 1.28. The first-order valence-electron chi connectivity index (χ1n) is 7.75. The molecule has 3 heterocycles. The first-order chi connectivity index (χ1) is 12.3. The Hall–Kier alpha value is -2.95. The second-order valence-electron chi connectivity index (χ2n) is 5.99. The summed E-state index contributed by atoms with van der Waals surface area (Å²) in [6.07, 6.45) is 2.10. The van der Waals surface area contributed by atoms with Crippen LogP contribution in [0.5, 0.6) is 0 Å². The van der Waals surface area contributed by atoms with Gasteiger partial charge in [0.25, 0.3) is 11.8 Å². The van der Waals surface area contributed by atoms with Crippen LogP contribution in [0.1, 0.15) is 19.0 Å². The molecule has 2 amide bonds. The largest absolute Gasteiger partial charge is 0.477 e. The van der Waals surface area contributed by atoms with Crippen LogP contribution < -0.4 is 11.1 Å². The lowest BCUT2D eigenvalue weighted by Gasteiger charge is -2.50. The molecule has 0 spiro atoms. The average molecular weight is 379 g/mol. The molecule has 0 aromatic carbocycles. The van der Waals surface area contributed by atoms with Gasteiger partial charge in [0, 0.05) is 5.38 Å². The number of hydrogen-bond acceptors (Lipinski definition) is 8. The fourth-order valence-electron chi connectivity index (χ4n) is 3.12. The summed E-state index contributed by atoms with van der Waals surface area (Å²) in [6, 6.07) is -1.24. The van der Waals surface area contributed by atoms with Crippen LogP contribution in [0.2, 0.25) is 0 Å². The molecule has 0 unspecified atom stereocenters. The molecule has 0 saturated carbocycles. The number of nitrogen functional groups attached to an aromatic ring is 1. The summed E-state index contributed by atoms with van der Waals surface area (Å²) in [5.74, 6) is -2.31. The van der Waals surface area contributed by atoms with Gasteiger partial charge in [-0.1, -0.05) is 18.2 Å². The van der Waals surface area contributed by atoms with Gasteiger partial charge in [0.15, 0.2) is 10.8 Å². The quantitative estimate of drug-likeness (QED) is 0.364. The highest BCUT2D eigenvalue weighted by atomic mass is 32.1. The highest BCUT2D eigenvalue weighted by Crippen LogP contribution is 2.35. The molecule has 138 valence electrons. The fourth-order valence-corrected chi connectivity index (χ4v) is 3.66. The van der Waals surface area contributed by atoms with E-state index in [1.165, 1.54) is 12.0 Å². The van der Waals surface area contributed by atoms with E-state index in [1.54, 1.807) is 11.5 Å². The maximum absolute atomic E-state index is 12.6. The van der Waals surface area contributed by atoms with Crippen LogP contribution in [0.15, 0.2) is 22.3 Å². The summed E-state index contributed by atoms with van der Waals surface area (Å²) < 4.78 is 0. The summed E-state index contributed by atoms with van der Waals surface area (Å²) in [5, 5.41) is 17.4. The van der Waals surface area contributed by atoms with Crippen LogP contribution >= 0.6 is 11.3 Å². The van der Waals surface area contributed by atoms with Crippen molar-refractivity contribution in [3.63, 3.8) is 0 Å². The highest BCUT2D eigenvalue weighted by molar-refractivity contribution is 7.13. The Kier molecular flexibility index (Phi) is 4.64. The minimum atomic E-state index is -1.17. The number of oxime groups is 1. The molecule has 3 rings (SSSR count). The lowest BCUT2D eigenvalue weighted by atomic mass is 9.82. The van der Waals surface area contributed by atoms with Crippen molar-refractivity contribution in [2.45, 2.75) is 25.4 Å². The van der Waals surface area contributed by atoms with Gasteiger partial charge in [-0.2, -0.15) is 0 Å². The number of nitrogens with zero attached hydrogens (tertiary/aromatic N) is 3. The molecule has 2 aliphatic heterocycles. The smallest absolute Gasteiger partial charge is 0.352 e. The molecule has 1 fully saturated rings. The van der Waals surface area contributed by atoms with Crippen LogP contribution in [0.25, 0.3) is 0 Å². The number of carboxylic acids is 1. The molecule has 4 N–H and O–H groups in total. The summed E-state index contributed by atoms with van der Waals surface area (Å²) in [5.41, 5.74) is 5.65. The molecule has 10 nitrogen and oxygen atoms in total. The molecule has 3 atom stereocenters. The molecule has 1 aromatic heterocycles. The second kappa shape index (κ2) is 6.75. The molecule has 0 aliphatic carbocycles. The third-order valence-corrected chi connectivity index (χ3v) is 4.88. The Morgan fingerprint density at radius 1 is 1.54 bits per heavy atom. The van der Waals surface area contributed by atoms with Gasteiger partial charge in [-0.25, -0.2) is 9.78 Å². The van der Waals surface area contributed by atoms with Crippen molar-refractivity contribution in [2.24, 2.45) is 11.1 Å².